The van der Waals surface area contributed by atoms with Crippen molar-refractivity contribution >= 4 is 23.2 Å². The van der Waals surface area contributed by atoms with Gasteiger partial charge in [-0.1, -0.05) is 24.4 Å². The van der Waals surface area contributed by atoms with E-state index >= 15 is 0 Å². The van der Waals surface area contributed by atoms with Crippen LogP contribution in [0.3, 0.4) is 0 Å². The first-order valence-electron chi connectivity index (χ1n) is 6.36. The van der Waals surface area contributed by atoms with Crippen molar-refractivity contribution in [2.24, 2.45) is 11.7 Å². The number of nitrogens with two attached hydrogens (primary N) is 1. The van der Waals surface area contributed by atoms with E-state index in [-0.39, 0.29) is 5.91 Å². The normalized spacial score (nSPS) is 19.4. The van der Waals surface area contributed by atoms with Gasteiger partial charge in [0.15, 0.2) is 0 Å². The fourth-order valence-electron chi connectivity index (χ4n) is 2.70. The summed E-state index contributed by atoms with van der Waals surface area (Å²) in [5, 5.41) is 3.97. The van der Waals surface area contributed by atoms with Gasteiger partial charge in [0.25, 0.3) is 0 Å². The van der Waals surface area contributed by atoms with Gasteiger partial charge in [-0.3, -0.25) is 4.79 Å². The molecule has 0 aromatic heterocycles. The summed E-state index contributed by atoms with van der Waals surface area (Å²) in [6.07, 6.45) is 4.46. The van der Waals surface area contributed by atoms with Crippen LogP contribution in [0.2, 0.25) is 5.02 Å². The summed E-state index contributed by atoms with van der Waals surface area (Å²) in [6.45, 7) is 1.90. The Labute approximate surface area is 113 Å². The molecule has 0 spiro atoms. The number of benzene rings is 1. The van der Waals surface area contributed by atoms with E-state index in [1.165, 1.54) is 12.8 Å². The minimum atomic E-state index is -0.676. The summed E-state index contributed by atoms with van der Waals surface area (Å²) in [7, 11) is 0. The molecule has 2 rings (SSSR count). The van der Waals surface area contributed by atoms with E-state index in [1.54, 1.807) is 12.1 Å². The zero-order valence-corrected chi connectivity index (χ0v) is 11.3. The molecule has 98 valence electrons. The third kappa shape index (κ3) is 2.61. The Bertz CT molecular complexity index is 426. The highest BCUT2D eigenvalue weighted by molar-refractivity contribution is 6.30. The van der Waals surface area contributed by atoms with Crippen LogP contribution in [0.4, 0.5) is 5.69 Å². The first-order chi connectivity index (χ1) is 8.52. The molecule has 1 aliphatic rings. The number of halogens is 1. The average molecular weight is 267 g/mol. The van der Waals surface area contributed by atoms with Crippen LogP contribution in [-0.2, 0) is 4.79 Å². The molecule has 1 saturated carbocycles. The second-order valence-corrected chi connectivity index (χ2v) is 5.62. The molecule has 1 amide bonds. The molecule has 0 bridgehead atoms. The van der Waals surface area contributed by atoms with Crippen molar-refractivity contribution in [3.05, 3.63) is 29.3 Å². The maximum atomic E-state index is 11.8. The zero-order valence-electron chi connectivity index (χ0n) is 10.6. The van der Waals surface area contributed by atoms with E-state index in [2.05, 4.69) is 5.32 Å². The van der Waals surface area contributed by atoms with Crippen molar-refractivity contribution in [3.63, 3.8) is 0 Å². The summed E-state index contributed by atoms with van der Waals surface area (Å²) in [6, 6.07) is 7.36. The maximum absolute atomic E-state index is 11.8. The van der Waals surface area contributed by atoms with Crippen LogP contribution in [0, 0.1) is 5.92 Å². The zero-order chi connectivity index (χ0) is 13.2. The number of primary amides is 1. The van der Waals surface area contributed by atoms with Crippen molar-refractivity contribution in [1.29, 1.82) is 0 Å². The van der Waals surface area contributed by atoms with Crippen molar-refractivity contribution in [3.8, 4) is 0 Å². The van der Waals surface area contributed by atoms with E-state index in [0.717, 1.165) is 18.5 Å². The Morgan fingerprint density at radius 3 is 2.39 bits per heavy atom. The molecule has 4 heteroatoms. The van der Waals surface area contributed by atoms with Crippen LogP contribution in [0.25, 0.3) is 0 Å². The van der Waals surface area contributed by atoms with Gasteiger partial charge < -0.3 is 11.1 Å². The molecular formula is C14H19ClN2O. The van der Waals surface area contributed by atoms with Crippen molar-refractivity contribution < 1.29 is 4.79 Å². The number of hydrogen-bond acceptors (Lipinski definition) is 2. The summed E-state index contributed by atoms with van der Waals surface area (Å²) in [4.78, 5) is 11.8. The molecule has 1 aromatic rings. The molecule has 3 nitrogen and oxygen atoms in total. The third-order valence-corrected chi connectivity index (χ3v) is 4.18. The van der Waals surface area contributed by atoms with Crippen LogP contribution >= 0.6 is 11.6 Å². The van der Waals surface area contributed by atoms with E-state index in [0.29, 0.717) is 10.9 Å². The van der Waals surface area contributed by atoms with Gasteiger partial charge >= 0.3 is 0 Å². The molecule has 1 fully saturated rings. The van der Waals surface area contributed by atoms with Crippen LogP contribution in [0.15, 0.2) is 24.3 Å². The van der Waals surface area contributed by atoms with E-state index in [9.17, 15) is 4.79 Å². The molecular weight excluding hydrogens is 248 g/mol. The van der Waals surface area contributed by atoms with Crippen LogP contribution in [0.5, 0.6) is 0 Å². The predicted octanol–water partition coefficient (Wildman–Crippen LogP) is 3.19. The highest BCUT2D eigenvalue weighted by atomic mass is 35.5. The lowest BCUT2D eigenvalue weighted by molar-refractivity contribution is -0.123. The van der Waals surface area contributed by atoms with Crippen LogP contribution in [0.1, 0.15) is 32.6 Å². The topological polar surface area (TPSA) is 55.1 Å². The van der Waals surface area contributed by atoms with Gasteiger partial charge in [-0.05, 0) is 49.9 Å². The molecule has 1 atom stereocenters. The van der Waals surface area contributed by atoms with Gasteiger partial charge in [0.2, 0.25) is 5.91 Å². The van der Waals surface area contributed by atoms with Crippen molar-refractivity contribution in [1.82, 2.24) is 0 Å². The standard InChI is InChI=1S/C14H19ClN2O/c1-14(13(16)18,10-4-2-3-5-10)17-12-8-6-11(15)7-9-12/h6-10,17H,2-5H2,1H3,(H2,16,18). The van der Waals surface area contributed by atoms with Gasteiger partial charge in [0.1, 0.15) is 5.54 Å². The second-order valence-electron chi connectivity index (χ2n) is 5.18. The van der Waals surface area contributed by atoms with Crippen LogP contribution in [-0.4, -0.2) is 11.4 Å². The van der Waals surface area contributed by atoms with Gasteiger partial charge in [0.05, 0.1) is 0 Å². The lowest BCUT2D eigenvalue weighted by atomic mass is 9.83. The SMILES string of the molecule is CC(Nc1ccc(Cl)cc1)(C(N)=O)C1CCCC1. The molecule has 0 radical (unpaired) electrons. The molecule has 1 aromatic carbocycles. The molecule has 0 saturated heterocycles. The molecule has 1 aliphatic carbocycles. The third-order valence-electron chi connectivity index (χ3n) is 3.93. The summed E-state index contributed by atoms with van der Waals surface area (Å²) in [5.74, 6) is 0.0232. The molecule has 0 heterocycles. The summed E-state index contributed by atoms with van der Waals surface area (Å²) >= 11 is 5.85. The van der Waals surface area contributed by atoms with Crippen molar-refractivity contribution in [2.75, 3.05) is 5.32 Å². The molecule has 18 heavy (non-hydrogen) atoms. The summed E-state index contributed by atoms with van der Waals surface area (Å²) < 4.78 is 0. The fraction of sp³-hybridized carbons (Fsp3) is 0.500. The number of carbonyl (C=O) groups is 1. The monoisotopic (exact) mass is 266 g/mol. The van der Waals surface area contributed by atoms with E-state index < -0.39 is 5.54 Å². The smallest absolute Gasteiger partial charge is 0.243 e. The summed E-state index contributed by atoms with van der Waals surface area (Å²) in [5.41, 5.74) is 5.81. The van der Waals surface area contributed by atoms with Crippen LogP contribution < -0.4 is 11.1 Å². The average Bonchev–Trinajstić information content (AvgIpc) is 2.86. The largest absolute Gasteiger partial charge is 0.371 e. The Morgan fingerprint density at radius 2 is 1.89 bits per heavy atom. The number of rotatable bonds is 4. The number of carbonyl (C=O) groups excluding carboxylic acids is 1. The first kappa shape index (κ1) is 13.2. The first-order valence-corrected chi connectivity index (χ1v) is 6.74. The Kier molecular flexibility index (Phi) is 3.81. The van der Waals surface area contributed by atoms with Gasteiger partial charge in [-0.2, -0.15) is 0 Å². The number of anilines is 1. The number of nitrogens with one attached hydrogen (secondary N) is 1. The lowest BCUT2D eigenvalue weighted by Crippen LogP contribution is -2.52. The van der Waals surface area contributed by atoms with Gasteiger partial charge in [-0.15, -0.1) is 0 Å². The minimum absolute atomic E-state index is 0.288. The molecule has 0 aliphatic heterocycles. The Morgan fingerprint density at radius 1 is 1.33 bits per heavy atom. The maximum Gasteiger partial charge on any atom is 0.243 e. The van der Waals surface area contributed by atoms with E-state index in [4.69, 9.17) is 17.3 Å². The quantitative estimate of drug-likeness (QED) is 0.879. The second kappa shape index (κ2) is 5.19. The van der Waals surface area contributed by atoms with E-state index in [1.807, 2.05) is 19.1 Å². The highest BCUT2D eigenvalue weighted by Gasteiger charge is 2.40. The highest BCUT2D eigenvalue weighted by Crippen LogP contribution is 2.36. The van der Waals surface area contributed by atoms with Crippen molar-refractivity contribution in [2.45, 2.75) is 38.1 Å². The molecule has 3 N–H and O–H groups in total. The predicted molar refractivity (Wildman–Crippen MR) is 74.6 cm³/mol. The number of hydrogen-bond donors (Lipinski definition) is 2. The van der Waals surface area contributed by atoms with Gasteiger partial charge in [0, 0.05) is 10.7 Å². The number of amides is 1. The lowest BCUT2D eigenvalue weighted by Gasteiger charge is -2.34. The minimum Gasteiger partial charge on any atom is -0.371 e. The Balaban J connectivity index is 2.20. The van der Waals surface area contributed by atoms with Gasteiger partial charge in [-0.25, -0.2) is 0 Å². The Hall–Kier alpha value is -1.22. The molecule has 1 unspecified atom stereocenters. The fourth-order valence-corrected chi connectivity index (χ4v) is 2.83.